The number of aromatic nitrogens is 2. The van der Waals surface area contributed by atoms with Gasteiger partial charge in [0.2, 0.25) is 0 Å². The molecule has 0 atom stereocenters. The van der Waals surface area contributed by atoms with Crippen molar-refractivity contribution in [3.8, 4) is 5.69 Å². The van der Waals surface area contributed by atoms with Gasteiger partial charge in [-0.3, -0.25) is 0 Å². The van der Waals surface area contributed by atoms with Crippen LogP contribution < -0.4 is 9.44 Å². The normalized spacial score (nSPS) is 12.5. The second-order valence-electron chi connectivity index (χ2n) is 8.01. The Hall–Kier alpha value is -1.18. The Balaban J connectivity index is 2.43. The summed E-state index contributed by atoms with van der Waals surface area (Å²) in [7, 11) is 0. The standard InChI is InChI=1S/C10H7F3N3.3C4H9.Sn/c11-10(12,13)8-6-7(2-3-9(8)14)16-5-1-4-15-16;3*1-3-4-2;/h1-3,5-6H,14H2;3*1,3-4H2,2H3;. The number of nitrogens with zero attached hydrogens (tertiary/aromatic N) is 2. The molecule has 0 fully saturated rings. The van der Waals surface area contributed by atoms with Crippen molar-refractivity contribution in [1.29, 1.82) is 0 Å². The quantitative estimate of drug-likeness (QED) is 0.273. The van der Waals surface area contributed by atoms with Gasteiger partial charge in [0.25, 0.3) is 0 Å². The van der Waals surface area contributed by atoms with Crippen LogP contribution in [0.5, 0.6) is 0 Å². The van der Waals surface area contributed by atoms with Crippen molar-refractivity contribution in [2.75, 3.05) is 5.73 Å². The van der Waals surface area contributed by atoms with E-state index in [1.54, 1.807) is 10.7 Å². The average molecular weight is 516 g/mol. The Morgan fingerprint density at radius 1 is 0.931 bits per heavy atom. The fourth-order valence-corrected chi connectivity index (χ4v) is 19.3. The number of nitrogens with two attached hydrogens (primary N) is 1. The third kappa shape index (κ3) is 6.15. The van der Waals surface area contributed by atoms with Crippen molar-refractivity contribution < 1.29 is 13.2 Å². The van der Waals surface area contributed by atoms with Crippen LogP contribution in [0.3, 0.4) is 0 Å². The van der Waals surface area contributed by atoms with E-state index in [0.29, 0.717) is 5.69 Å². The molecule has 1 aromatic heterocycles. The van der Waals surface area contributed by atoms with Gasteiger partial charge in [0.15, 0.2) is 0 Å². The average Bonchev–Trinajstić information content (AvgIpc) is 3.18. The molecule has 0 saturated carbocycles. The summed E-state index contributed by atoms with van der Waals surface area (Å²) in [6.45, 7) is 6.67. The first kappa shape index (κ1) is 24.1. The van der Waals surface area contributed by atoms with Crippen LogP contribution in [0.4, 0.5) is 18.9 Å². The van der Waals surface area contributed by atoms with E-state index in [1.807, 2.05) is 6.20 Å². The molecule has 1 heterocycles. The van der Waals surface area contributed by atoms with E-state index in [-0.39, 0.29) is 5.69 Å². The number of unbranched alkanes of at least 4 members (excludes halogenated alkanes) is 3. The van der Waals surface area contributed by atoms with Crippen LogP contribution >= 0.6 is 0 Å². The summed E-state index contributed by atoms with van der Waals surface area (Å²) in [5.41, 5.74) is 4.91. The first-order chi connectivity index (χ1) is 13.8. The summed E-state index contributed by atoms with van der Waals surface area (Å²) in [6.07, 6.45) is 4.53. The molecular weight excluding hydrogens is 482 g/mol. The molecule has 2 rings (SSSR count). The second-order valence-corrected chi connectivity index (χ2v) is 21.1. The summed E-state index contributed by atoms with van der Waals surface area (Å²) in [5.74, 6) is 0. The van der Waals surface area contributed by atoms with Crippen molar-refractivity contribution in [3.05, 3.63) is 36.0 Å². The molecule has 2 N–H and O–H groups in total. The van der Waals surface area contributed by atoms with Gasteiger partial charge in [-0.25, -0.2) is 0 Å². The van der Waals surface area contributed by atoms with Gasteiger partial charge < -0.3 is 0 Å². The number of rotatable bonds is 11. The van der Waals surface area contributed by atoms with Gasteiger partial charge in [-0.05, 0) is 0 Å². The maximum absolute atomic E-state index is 13.3. The molecule has 0 spiro atoms. The summed E-state index contributed by atoms with van der Waals surface area (Å²) < 4.78 is 46.4. The van der Waals surface area contributed by atoms with Crippen LogP contribution in [0, 0.1) is 0 Å². The zero-order valence-corrected chi connectivity index (χ0v) is 20.7. The molecular formula is C22H34F3N3Sn. The summed E-state index contributed by atoms with van der Waals surface area (Å²) >= 11 is -2.70. The second kappa shape index (κ2) is 10.7. The molecule has 0 aliphatic heterocycles. The predicted molar refractivity (Wildman–Crippen MR) is 118 cm³/mol. The number of benzene rings is 1. The first-order valence-electron chi connectivity index (χ1n) is 10.8. The van der Waals surface area contributed by atoms with Gasteiger partial charge in [-0.2, -0.15) is 0 Å². The number of hydrogen-bond acceptors (Lipinski definition) is 2. The Morgan fingerprint density at radius 3 is 1.97 bits per heavy atom. The first-order valence-corrected chi connectivity index (χ1v) is 18.3. The van der Waals surface area contributed by atoms with Crippen molar-refractivity contribution in [2.24, 2.45) is 0 Å². The predicted octanol–water partition coefficient (Wildman–Crippen LogP) is 6.53. The van der Waals surface area contributed by atoms with Gasteiger partial charge in [0, 0.05) is 0 Å². The van der Waals surface area contributed by atoms with E-state index >= 15 is 0 Å². The zero-order valence-electron chi connectivity index (χ0n) is 17.9. The molecule has 0 aliphatic carbocycles. The number of alkyl halides is 3. The fraction of sp³-hybridized carbons (Fsp3) is 0.591. The molecule has 162 valence electrons. The minimum absolute atomic E-state index is 0.254. The van der Waals surface area contributed by atoms with Crippen LogP contribution in [-0.4, -0.2) is 28.2 Å². The zero-order chi connectivity index (χ0) is 21.5. The van der Waals surface area contributed by atoms with Crippen molar-refractivity contribution in [2.45, 2.75) is 78.8 Å². The Kier molecular flexibility index (Phi) is 8.91. The van der Waals surface area contributed by atoms with E-state index in [4.69, 9.17) is 10.8 Å². The molecule has 0 aliphatic rings. The molecule has 0 amide bonds. The molecule has 0 saturated heterocycles. The van der Waals surface area contributed by atoms with Crippen LogP contribution in [0.1, 0.15) is 64.9 Å². The molecule has 0 radical (unpaired) electrons. The number of anilines is 1. The molecule has 29 heavy (non-hydrogen) atoms. The van der Waals surface area contributed by atoms with Crippen molar-refractivity contribution in [1.82, 2.24) is 9.78 Å². The summed E-state index contributed by atoms with van der Waals surface area (Å²) in [5, 5.41) is 4.87. The maximum atomic E-state index is 13.3. The summed E-state index contributed by atoms with van der Waals surface area (Å²) in [4.78, 5) is 0. The van der Waals surface area contributed by atoms with Gasteiger partial charge >= 0.3 is 177 Å². The van der Waals surface area contributed by atoms with Crippen molar-refractivity contribution >= 4 is 27.8 Å². The van der Waals surface area contributed by atoms with Gasteiger partial charge in [-0.1, -0.05) is 0 Å². The Labute approximate surface area is 176 Å². The van der Waals surface area contributed by atoms with Gasteiger partial charge in [-0.15, -0.1) is 0 Å². The molecule has 7 heteroatoms. The van der Waals surface area contributed by atoms with Crippen molar-refractivity contribution in [3.63, 3.8) is 0 Å². The Bertz CT molecular complexity index is 749. The molecule has 0 unspecified atom stereocenters. The Morgan fingerprint density at radius 2 is 1.48 bits per heavy atom. The molecule has 2 aromatic rings. The van der Waals surface area contributed by atoms with E-state index in [2.05, 4.69) is 26.8 Å². The van der Waals surface area contributed by atoms with Crippen LogP contribution in [0.15, 0.2) is 30.5 Å². The molecule has 1 aromatic carbocycles. The molecule has 0 bridgehead atoms. The van der Waals surface area contributed by atoms with Crippen LogP contribution in [0.2, 0.25) is 13.3 Å². The monoisotopic (exact) mass is 517 g/mol. The molecule has 3 nitrogen and oxygen atoms in total. The summed E-state index contributed by atoms with van der Waals surface area (Å²) in [6, 6.07) is 6.12. The third-order valence-electron chi connectivity index (χ3n) is 5.77. The topological polar surface area (TPSA) is 43.8 Å². The van der Waals surface area contributed by atoms with Gasteiger partial charge in [0.1, 0.15) is 0 Å². The minimum atomic E-state index is -4.47. The SMILES string of the molecule is CCC[CH2][Sn]([CH2]CCC)([CH2]CCC)[c]1ccn(-c2ccc(N)c(C(F)(F)F)c2)n1. The third-order valence-corrected chi connectivity index (χ3v) is 20.9. The van der Waals surface area contributed by atoms with Crippen LogP contribution in [0.25, 0.3) is 5.69 Å². The van der Waals surface area contributed by atoms with E-state index in [0.717, 1.165) is 6.07 Å². The van der Waals surface area contributed by atoms with E-state index in [1.165, 1.54) is 61.6 Å². The van der Waals surface area contributed by atoms with E-state index < -0.39 is 30.1 Å². The number of nitrogen functional groups attached to an aromatic ring is 1. The number of hydrogen-bond donors (Lipinski definition) is 1. The van der Waals surface area contributed by atoms with Crippen LogP contribution in [-0.2, 0) is 6.18 Å². The van der Waals surface area contributed by atoms with Gasteiger partial charge in [0.05, 0.1) is 0 Å². The number of halogens is 3. The fourth-order valence-electron chi connectivity index (χ4n) is 3.99. The van der Waals surface area contributed by atoms with E-state index in [9.17, 15) is 13.2 Å².